The lowest BCUT2D eigenvalue weighted by molar-refractivity contribution is 0.102. The molecule has 3 aromatic carbocycles. The van der Waals surface area contributed by atoms with Crippen molar-refractivity contribution >= 4 is 34.6 Å². The molecular formula is C21H17ClN2O3. The molecule has 3 aromatic rings. The number of hydrogen-bond acceptors (Lipinski definition) is 4. The summed E-state index contributed by atoms with van der Waals surface area (Å²) in [5.41, 5.74) is 3.63. The fourth-order valence-electron chi connectivity index (χ4n) is 2.85. The SMILES string of the molecule is Cc1c(Cl)cccc1Nc1ccccc1C(=O)Nc1ccc2c(c1)OCO2. The predicted octanol–water partition coefficient (Wildman–Crippen LogP) is 5.37. The molecule has 5 nitrogen and oxygen atoms in total. The molecule has 1 aliphatic heterocycles. The van der Waals surface area contributed by atoms with Gasteiger partial charge in [0.1, 0.15) is 0 Å². The van der Waals surface area contributed by atoms with E-state index in [4.69, 9.17) is 21.1 Å². The molecule has 136 valence electrons. The van der Waals surface area contributed by atoms with E-state index in [1.165, 1.54) is 0 Å². The fraction of sp³-hybridized carbons (Fsp3) is 0.0952. The van der Waals surface area contributed by atoms with E-state index in [0.717, 1.165) is 11.3 Å². The molecule has 1 heterocycles. The van der Waals surface area contributed by atoms with E-state index in [9.17, 15) is 4.79 Å². The second-order valence-corrected chi connectivity index (χ2v) is 6.51. The van der Waals surface area contributed by atoms with Crippen LogP contribution < -0.4 is 20.1 Å². The first-order valence-electron chi connectivity index (χ1n) is 8.44. The van der Waals surface area contributed by atoms with Crippen LogP contribution in [0.3, 0.4) is 0 Å². The normalized spacial score (nSPS) is 11.9. The van der Waals surface area contributed by atoms with Crippen molar-refractivity contribution < 1.29 is 14.3 Å². The van der Waals surface area contributed by atoms with E-state index >= 15 is 0 Å². The zero-order valence-electron chi connectivity index (χ0n) is 14.6. The minimum absolute atomic E-state index is 0.193. The number of ether oxygens (including phenoxy) is 2. The first-order valence-corrected chi connectivity index (χ1v) is 8.82. The van der Waals surface area contributed by atoms with Gasteiger partial charge in [0.15, 0.2) is 11.5 Å². The summed E-state index contributed by atoms with van der Waals surface area (Å²) in [6.07, 6.45) is 0. The highest BCUT2D eigenvalue weighted by Crippen LogP contribution is 2.34. The summed E-state index contributed by atoms with van der Waals surface area (Å²) in [6.45, 7) is 2.12. The van der Waals surface area contributed by atoms with E-state index in [1.54, 1.807) is 24.3 Å². The molecular weight excluding hydrogens is 364 g/mol. The standard InChI is InChI=1S/C21H17ClN2O3/c1-13-16(22)6-4-8-17(13)24-18-7-3-2-5-15(18)21(25)23-14-9-10-19-20(11-14)27-12-26-19/h2-11,24H,12H2,1H3,(H,23,25). The van der Waals surface area contributed by atoms with Crippen LogP contribution in [0.1, 0.15) is 15.9 Å². The molecule has 0 spiro atoms. The summed E-state index contributed by atoms with van der Waals surface area (Å²) in [5.74, 6) is 1.07. The summed E-state index contributed by atoms with van der Waals surface area (Å²) in [5, 5.41) is 6.87. The molecule has 1 amide bonds. The number of carbonyl (C=O) groups is 1. The average Bonchev–Trinajstić information content (AvgIpc) is 3.13. The summed E-state index contributed by atoms with van der Waals surface area (Å²) < 4.78 is 10.6. The lowest BCUT2D eigenvalue weighted by Gasteiger charge is -2.14. The lowest BCUT2D eigenvalue weighted by Crippen LogP contribution is -2.14. The monoisotopic (exact) mass is 380 g/mol. The van der Waals surface area contributed by atoms with Gasteiger partial charge in [0, 0.05) is 22.5 Å². The van der Waals surface area contributed by atoms with Crippen molar-refractivity contribution in [3.63, 3.8) is 0 Å². The van der Waals surface area contributed by atoms with E-state index in [2.05, 4.69) is 10.6 Å². The van der Waals surface area contributed by atoms with E-state index in [1.807, 2.05) is 43.3 Å². The number of amides is 1. The molecule has 4 rings (SSSR count). The van der Waals surface area contributed by atoms with Gasteiger partial charge in [0.2, 0.25) is 6.79 Å². The Balaban J connectivity index is 1.58. The van der Waals surface area contributed by atoms with Crippen molar-refractivity contribution in [3.05, 3.63) is 76.8 Å². The molecule has 0 saturated carbocycles. The molecule has 0 unspecified atom stereocenters. The van der Waals surface area contributed by atoms with Crippen LogP contribution in [0.5, 0.6) is 11.5 Å². The van der Waals surface area contributed by atoms with E-state index < -0.39 is 0 Å². The van der Waals surface area contributed by atoms with Crippen LogP contribution in [-0.4, -0.2) is 12.7 Å². The van der Waals surface area contributed by atoms with Crippen LogP contribution in [-0.2, 0) is 0 Å². The summed E-state index contributed by atoms with van der Waals surface area (Å²) in [6, 6.07) is 18.3. The van der Waals surface area contributed by atoms with Crippen LogP contribution in [0.2, 0.25) is 5.02 Å². The Morgan fingerprint density at radius 2 is 1.74 bits per heavy atom. The average molecular weight is 381 g/mol. The Labute approximate surface area is 161 Å². The molecule has 0 aromatic heterocycles. The highest BCUT2D eigenvalue weighted by Gasteiger charge is 2.16. The topological polar surface area (TPSA) is 59.6 Å². The molecule has 6 heteroatoms. The van der Waals surface area contributed by atoms with Crippen LogP contribution in [0.25, 0.3) is 0 Å². The molecule has 0 radical (unpaired) electrons. The quantitative estimate of drug-likeness (QED) is 0.638. The minimum atomic E-state index is -0.225. The lowest BCUT2D eigenvalue weighted by atomic mass is 10.1. The van der Waals surface area contributed by atoms with Gasteiger partial charge in [-0.1, -0.05) is 29.8 Å². The number of fused-ring (bicyclic) bond motifs is 1. The maximum absolute atomic E-state index is 12.8. The highest BCUT2D eigenvalue weighted by molar-refractivity contribution is 6.31. The Morgan fingerprint density at radius 1 is 0.963 bits per heavy atom. The van der Waals surface area contributed by atoms with Crippen LogP contribution in [0.4, 0.5) is 17.1 Å². The van der Waals surface area contributed by atoms with Crippen molar-refractivity contribution in [2.75, 3.05) is 17.4 Å². The maximum atomic E-state index is 12.8. The van der Waals surface area contributed by atoms with Gasteiger partial charge >= 0.3 is 0 Å². The van der Waals surface area contributed by atoms with Gasteiger partial charge in [-0.2, -0.15) is 0 Å². The second-order valence-electron chi connectivity index (χ2n) is 6.11. The molecule has 1 aliphatic rings. The number of rotatable bonds is 4. The van der Waals surface area contributed by atoms with Gasteiger partial charge in [-0.05, 0) is 48.9 Å². The van der Waals surface area contributed by atoms with Crippen LogP contribution >= 0.6 is 11.6 Å². The highest BCUT2D eigenvalue weighted by atomic mass is 35.5. The van der Waals surface area contributed by atoms with Gasteiger partial charge in [0.05, 0.1) is 11.3 Å². The molecule has 27 heavy (non-hydrogen) atoms. The third-order valence-electron chi connectivity index (χ3n) is 4.34. The van der Waals surface area contributed by atoms with Gasteiger partial charge in [-0.3, -0.25) is 4.79 Å². The first kappa shape index (κ1) is 17.2. The number of halogens is 1. The molecule has 0 saturated heterocycles. The summed E-state index contributed by atoms with van der Waals surface area (Å²) in [7, 11) is 0. The number of para-hydroxylation sites is 1. The Kier molecular flexibility index (Phi) is 4.60. The summed E-state index contributed by atoms with van der Waals surface area (Å²) in [4.78, 5) is 12.8. The second kappa shape index (κ2) is 7.21. The van der Waals surface area contributed by atoms with Crippen molar-refractivity contribution in [3.8, 4) is 11.5 Å². The number of anilines is 3. The smallest absolute Gasteiger partial charge is 0.257 e. The van der Waals surface area contributed by atoms with Crippen molar-refractivity contribution in [2.24, 2.45) is 0 Å². The van der Waals surface area contributed by atoms with Gasteiger partial charge < -0.3 is 20.1 Å². The first-order chi connectivity index (χ1) is 13.1. The number of carbonyl (C=O) groups excluding carboxylic acids is 1. The van der Waals surface area contributed by atoms with Gasteiger partial charge in [0.25, 0.3) is 5.91 Å². The van der Waals surface area contributed by atoms with Gasteiger partial charge in [-0.25, -0.2) is 0 Å². The number of nitrogens with one attached hydrogen (secondary N) is 2. The van der Waals surface area contributed by atoms with Crippen molar-refractivity contribution in [1.82, 2.24) is 0 Å². The zero-order chi connectivity index (χ0) is 18.8. The number of benzene rings is 3. The maximum Gasteiger partial charge on any atom is 0.257 e. The zero-order valence-corrected chi connectivity index (χ0v) is 15.3. The summed E-state index contributed by atoms with van der Waals surface area (Å²) >= 11 is 6.19. The molecule has 0 bridgehead atoms. The van der Waals surface area contributed by atoms with Crippen LogP contribution in [0.15, 0.2) is 60.7 Å². The Bertz CT molecular complexity index is 1020. The molecule has 0 atom stereocenters. The van der Waals surface area contributed by atoms with Crippen molar-refractivity contribution in [1.29, 1.82) is 0 Å². The fourth-order valence-corrected chi connectivity index (χ4v) is 3.03. The van der Waals surface area contributed by atoms with Crippen LogP contribution in [0, 0.1) is 6.92 Å². The molecule has 0 aliphatic carbocycles. The van der Waals surface area contributed by atoms with E-state index in [0.29, 0.717) is 33.5 Å². The number of hydrogen-bond donors (Lipinski definition) is 2. The molecule has 2 N–H and O–H groups in total. The predicted molar refractivity (Wildman–Crippen MR) is 106 cm³/mol. The third-order valence-corrected chi connectivity index (χ3v) is 4.75. The van der Waals surface area contributed by atoms with E-state index in [-0.39, 0.29) is 12.7 Å². The third kappa shape index (κ3) is 3.55. The largest absolute Gasteiger partial charge is 0.454 e. The Morgan fingerprint density at radius 3 is 2.63 bits per heavy atom. The molecule has 0 fully saturated rings. The van der Waals surface area contributed by atoms with Gasteiger partial charge in [-0.15, -0.1) is 0 Å². The minimum Gasteiger partial charge on any atom is -0.454 e. The Hall–Kier alpha value is -3.18. The van der Waals surface area contributed by atoms with Crippen molar-refractivity contribution in [2.45, 2.75) is 6.92 Å².